The quantitative estimate of drug-likeness (QED) is 0.759. The number of aryl methyl sites for hydroxylation is 1. The number of aliphatic hydroxyl groups excluding tert-OH is 1. The first-order valence-electron chi connectivity index (χ1n) is 8.32. The molecule has 0 unspecified atom stereocenters. The van der Waals surface area contributed by atoms with E-state index in [2.05, 4.69) is 15.1 Å². The fourth-order valence-corrected chi connectivity index (χ4v) is 3.06. The van der Waals surface area contributed by atoms with Gasteiger partial charge in [0, 0.05) is 30.6 Å². The largest absolute Gasteiger partial charge is 0.396 e. The maximum absolute atomic E-state index is 8.69. The van der Waals surface area contributed by atoms with E-state index in [0.29, 0.717) is 12.5 Å². The second kappa shape index (κ2) is 7.42. The number of aliphatic hydroxyl groups is 1. The van der Waals surface area contributed by atoms with Crippen molar-refractivity contribution in [3.05, 3.63) is 42.5 Å². The van der Waals surface area contributed by atoms with Gasteiger partial charge in [-0.15, -0.1) is 0 Å². The summed E-state index contributed by atoms with van der Waals surface area (Å²) in [6.07, 6.45) is 14.1. The van der Waals surface area contributed by atoms with Crippen molar-refractivity contribution < 1.29 is 5.11 Å². The van der Waals surface area contributed by atoms with E-state index >= 15 is 0 Å². The molecule has 1 aliphatic carbocycles. The van der Waals surface area contributed by atoms with E-state index in [1.807, 2.05) is 42.3 Å². The minimum Gasteiger partial charge on any atom is -0.396 e. The standard InChI is InChI=1S/C11H10N4.C7H14O/c1-8-6-14-15(7-8)10-3-5-13-11-9(10)2-4-12-11;8-6-7-4-2-1-3-5-7/h2-7H,1H3,(H,12,13);7-8H,1-6H2. The van der Waals surface area contributed by atoms with Crippen LogP contribution in [0, 0.1) is 12.8 Å². The monoisotopic (exact) mass is 312 g/mol. The first-order valence-corrected chi connectivity index (χ1v) is 8.32. The molecule has 1 fully saturated rings. The topological polar surface area (TPSA) is 66.7 Å². The van der Waals surface area contributed by atoms with Gasteiger partial charge < -0.3 is 10.1 Å². The molecule has 0 aromatic carbocycles. The molecule has 3 heterocycles. The molecule has 0 saturated heterocycles. The molecule has 2 N–H and O–H groups in total. The summed E-state index contributed by atoms with van der Waals surface area (Å²) in [5, 5.41) is 14.1. The van der Waals surface area contributed by atoms with Crippen LogP contribution in [0.3, 0.4) is 0 Å². The average molecular weight is 312 g/mol. The lowest BCUT2D eigenvalue weighted by Crippen LogP contribution is -2.09. The fourth-order valence-electron chi connectivity index (χ4n) is 3.06. The summed E-state index contributed by atoms with van der Waals surface area (Å²) in [6.45, 7) is 2.44. The number of aromatic nitrogens is 4. The van der Waals surface area contributed by atoms with E-state index in [9.17, 15) is 0 Å². The Labute approximate surface area is 136 Å². The highest BCUT2D eigenvalue weighted by molar-refractivity contribution is 5.84. The normalized spacial score (nSPS) is 15.4. The van der Waals surface area contributed by atoms with Gasteiger partial charge in [-0.05, 0) is 43.4 Å². The molecule has 5 heteroatoms. The maximum Gasteiger partial charge on any atom is 0.139 e. The summed E-state index contributed by atoms with van der Waals surface area (Å²) >= 11 is 0. The third-order valence-corrected chi connectivity index (χ3v) is 4.38. The van der Waals surface area contributed by atoms with Gasteiger partial charge in [0.25, 0.3) is 0 Å². The van der Waals surface area contributed by atoms with Crippen LogP contribution in [0.15, 0.2) is 36.9 Å². The zero-order chi connectivity index (χ0) is 16.1. The highest BCUT2D eigenvalue weighted by Crippen LogP contribution is 2.22. The molecule has 0 aliphatic heterocycles. The highest BCUT2D eigenvalue weighted by atomic mass is 16.3. The lowest BCUT2D eigenvalue weighted by Gasteiger charge is -2.18. The van der Waals surface area contributed by atoms with Crippen molar-refractivity contribution in [2.75, 3.05) is 6.61 Å². The second-order valence-corrected chi connectivity index (χ2v) is 6.22. The lowest BCUT2D eigenvalue weighted by atomic mass is 9.90. The first kappa shape index (κ1) is 15.7. The van der Waals surface area contributed by atoms with Crippen LogP contribution in [0.5, 0.6) is 0 Å². The van der Waals surface area contributed by atoms with E-state index in [1.54, 1.807) is 6.20 Å². The van der Waals surface area contributed by atoms with Crippen molar-refractivity contribution in [1.29, 1.82) is 0 Å². The number of rotatable bonds is 2. The van der Waals surface area contributed by atoms with Crippen LogP contribution in [0.25, 0.3) is 16.7 Å². The number of hydrogen-bond acceptors (Lipinski definition) is 3. The molecule has 1 saturated carbocycles. The van der Waals surface area contributed by atoms with E-state index in [4.69, 9.17) is 5.11 Å². The van der Waals surface area contributed by atoms with Crippen molar-refractivity contribution in [2.45, 2.75) is 39.0 Å². The Hall–Kier alpha value is -2.14. The summed E-state index contributed by atoms with van der Waals surface area (Å²) in [5.41, 5.74) is 3.09. The molecule has 0 atom stereocenters. The molecule has 5 nitrogen and oxygen atoms in total. The van der Waals surface area contributed by atoms with Crippen LogP contribution >= 0.6 is 0 Å². The van der Waals surface area contributed by atoms with E-state index in [0.717, 1.165) is 22.3 Å². The van der Waals surface area contributed by atoms with Gasteiger partial charge in [0.1, 0.15) is 5.65 Å². The van der Waals surface area contributed by atoms with Gasteiger partial charge in [-0.1, -0.05) is 19.3 Å². The molecule has 0 amide bonds. The number of pyridine rings is 1. The predicted molar refractivity (Wildman–Crippen MR) is 91.6 cm³/mol. The fraction of sp³-hybridized carbons (Fsp3) is 0.444. The number of nitrogens with zero attached hydrogens (tertiary/aromatic N) is 3. The summed E-state index contributed by atoms with van der Waals surface area (Å²) < 4.78 is 1.87. The van der Waals surface area contributed by atoms with Gasteiger partial charge in [-0.25, -0.2) is 9.67 Å². The first-order chi connectivity index (χ1) is 11.3. The summed E-state index contributed by atoms with van der Waals surface area (Å²) in [6, 6.07) is 3.97. The number of nitrogens with one attached hydrogen (secondary N) is 1. The molecule has 0 spiro atoms. The molecular formula is C18H24N4O. The minimum absolute atomic E-state index is 0.417. The van der Waals surface area contributed by atoms with Crippen LogP contribution in [0.4, 0.5) is 0 Å². The van der Waals surface area contributed by atoms with Gasteiger partial charge in [0.15, 0.2) is 0 Å². The van der Waals surface area contributed by atoms with Gasteiger partial charge in [-0.3, -0.25) is 0 Å². The predicted octanol–water partition coefficient (Wildman–Crippen LogP) is 3.62. The zero-order valence-electron chi connectivity index (χ0n) is 13.6. The van der Waals surface area contributed by atoms with Gasteiger partial charge in [0.05, 0.1) is 11.9 Å². The van der Waals surface area contributed by atoms with Crippen LogP contribution < -0.4 is 0 Å². The third-order valence-electron chi connectivity index (χ3n) is 4.38. The Morgan fingerprint density at radius 3 is 2.74 bits per heavy atom. The van der Waals surface area contributed by atoms with Crippen LogP contribution in [0.2, 0.25) is 0 Å². The molecule has 3 aromatic rings. The van der Waals surface area contributed by atoms with Crippen molar-refractivity contribution in [3.63, 3.8) is 0 Å². The summed E-state index contributed by atoms with van der Waals surface area (Å²) in [5.74, 6) is 0.642. The number of aromatic amines is 1. The van der Waals surface area contributed by atoms with E-state index < -0.39 is 0 Å². The smallest absolute Gasteiger partial charge is 0.139 e. The minimum atomic E-state index is 0.417. The molecule has 4 rings (SSSR count). The Balaban J connectivity index is 0.000000166. The molecule has 122 valence electrons. The van der Waals surface area contributed by atoms with Crippen LogP contribution in [-0.2, 0) is 0 Å². The number of H-pyrrole nitrogens is 1. The Morgan fingerprint density at radius 1 is 1.26 bits per heavy atom. The lowest BCUT2D eigenvalue weighted by molar-refractivity contribution is 0.190. The molecule has 1 aliphatic rings. The number of fused-ring (bicyclic) bond motifs is 1. The van der Waals surface area contributed by atoms with Gasteiger partial charge >= 0.3 is 0 Å². The molecule has 0 radical (unpaired) electrons. The van der Waals surface area contributed by atoms with Gasteiger partial charge in [0.2, 0.25) is 0 Å². The second-order valence-electron chi connectivity index (χ2n) is 6.22. The SMILES string of the molecule is Cc1cnn(-c2ccnc3[nH]ccc23)c1.OCC1CCCCC1. The van der Waals surface area contributed by atoms with Crippen LogP contribution in [0.1, 0.15) is 37.7 Å². The molecule has 23 heavy (non-hydrogen) atoms. The maximum atomic E-state index is 8.69. The Morgan fingerprint density at radius 2 is 2.09 bits per heavy atom. The van der Waals surface area contributed by atoms with Crippen molar-refractivity contribution in [2.24, 2.45) is 5.92 Å². The average Bonchev–Trinajstić information content (AvgIpc) is 3.24. The molecular weight excluding hydrogens is 288 g/mol. The Kier molecular flexibility index (Phi) is 5.08. The summed E-state index contributed by atoms with van der Waals surface area (Å²) in [7, 11) is 0. The number of hydrogen-bond donors (Lipinski definition) is 2. The van der Waals surface area contributed by atoms with Crippen molar-refractivity contribution >= 4 is 11.0 Å². The molecule has 3 aromatic heterocycles. The summed E-state index contributed by atoms with van der Waals surface area (Å²) in [4.78, 5) is 7.32. The Bertz CT molecular complexity index is 740. The highest BCUT2D eigenvalue weighted by Gasteiger charge is 2.10. The van der Waals surface area contributed by atoms with E-state index in [1.165, 1.54) is 32.1 Å². The van der Waals surface area contributed by atoms with Crippen LogP contribution in [-0.4, -0.2) is 31.5 Å². The van der Waals surface area contributed by atoms with Crippen molar-refractivity contribution in [1.82, 2.24) is 19.7 Å². The van der Waals surface area contributed by atoms with Crippen molar-refractivity contribution in [3.8, 4) is 5.69 Å². The molecule has 0 bridgehead atoms. The van der Waals surface area contributed by atoms with E-state index in [-0.39, 0.29) is 0 Å². The third kappa shape index (κ3) is 3.79. The van der Waals surface area contributed by atoms with Gasteiger partial charge in [-0.2, -0.15) is 5.10 Å². The zero-order valence-corrected chi connectivity index (χ0v) is 13.6.